The minimum absolute atomic E-state index is 0.0122. The molecule has 2 amide bonds. The highest BCUT2D eigenvalue weighted by atomic mass is 35.5. The van der Waals surface area contributed by atoms with Crippen molar-refractivity contribution in [1.29, 1.82) is 0 Å². The van der Waals surface area contributed by atoms with Crippen LogP contribution < -0.4 is 15.4 Å². The normalized spacial score (nSPS) is 10.2. The Kier molecular flexibility index (Phi) is 5.22. The van der Waals surface area contributed by atoms with Gasteiger partial charge in [-0.1, -0.05) is 17.7 Å². The first kappa shape index (κ1) is 16.1. The quantitative estimate of drug-likeness (QED) is 0.827. The molecule has 0 radical (unpaired) electrons. The van der Waals surface area contributed by atoms with Crippen LogP contribution in [0, 0.1) is 19.7 Å². The molecule has 2 aromatic carbocycles. The summed E-state index contributed by atoms with van der Waals surface area (Å²) in [6.07, 6.45) is 0. The number of hydrogen-bond acceptors (Lipinski definition) is 2. The molecule has 116 valence electrons. The van der Waals surface area contributed by atoms with Gasteiger partial charge in [-0.15, -0.1) is 0 Å². The minimum atomic E-state index is -0.479. The van der Waals surface area contributed by atoms with Crippen LogP contribution in [0.4, 0.5) is 14.9 Å². The molecular formula is C16H16ClFN2O2. The molecule has 0 fully saturated rings. The van der Waals surface area contributed by atoms with Crippen molar-refractivity contribution in [2.24, 2.45) is 0 Å². The zero-order chi connectivity index (χ0) is 16.1. The second kappa shape index (κ2) is 7.13. The van der Waals surface area contributed by atoms with Crippen molar-refractivity contribution in [2.45, 2.75) is 13.8 Å². The molecule has 2 N–H and O–H groups in total. The molecule has 0 bridgehead atoms. The minimum Gasteiger partial charge on any atom is -0.473 e. The van der Waals surface area contributed by atoms with Gasteiger partial charge in [0.15, 0.2) is 6.73 Å². The smallest absolute Gasteiger partial charge is 0.321 e. The topological polar surface area (TPSA) is 50.4 Å². The number of urea groups is 1. The van der Waals surface area contributed by atoms with Gasteiger partial charge in [0.1, 0.15) is 11.6 Å². The predicted octanol–water partition coefficient (Wildman–Crippen LogP) is 4.25. The van der Waals surface area contributed by atoms with E-state index in [2.05, 4.69) is 10.6 Å². The molecule has 0 saturated heterocycles. The lowest BCUT2D eigenvalue weighted by atomic mass is 10.1. The molecule has 0 atom stereocenters. The number of ether oxygens (including phenoxy) is 1. The van der Waals surface area contributed by atoms with Crippen LogP contribution in [-0.2, 0) is 0 Å². The Balaban J connectivity index is 1.84. The summed E-state index contributed by atoms with van der Waals surface area (Å²) < 4.78 is 18.4. The lowest BCUT2D eigenvalue weighted by Gasteiger charge is -2.11. The number of hydrogen-bond donors (Lipinski definition) is 2. The van der Waals surface area contributed by atoms with Gasteiger partial charge in [-0.05, 0) is 55.3 Å². The molecule has 0 spiro atoms. The first-order valence-electron chi connectivity index (χ1n) is 6.65. The summed E-state index contributed by atoms with van der Waals surface area (Å²) in [5.74, 6) is 0.201. The number of anilines is 1. The van der Waals surface area contributed by atoms with Gasteiger partial charge >= 0.3 is 6.03 Å². The number of amides is 2. The summed E-state index contributed by atoms with van der Waals surface area (Å²) in [7, 11) is 0. The molecule has 2 rings (SSSR count). The molecule has 0 heterocycles. The molecule has 0 aliphatic heterocycles. The number of rotatable bonds is 4. The lowest BCUT2D eigenvalue weighted by Crippen LogP contribution is -2.32. The van der Waals surface area contributed by atoms with E-state index in [1.807, 2.05) is 13.8 Å². The van der Waals surface area contributed by atoms with Crippen molar-refractivity contribution in [1.82, 2.24) is 5.32 Å². The Labute approximate surface area is 133 Å². The number of nitrogens with one attached hydrogen (secondary N) is 2. The van der Waals surface area contributed by atoms with E-state index >= 15 is 0 Å². The van der Waals surface area contributed by atoms with Crippen LogP contribution in [0.1, 0.15) is 11.1 Å². The Morgan fingerprint density at radius 2 is 1.91 bits per heavy atom. The van der Waals surface area contributed by atoms with Gasteiger partial charge < -0.3 is 15.4 Å². The van der Waals surface area contributed by atoms with Crippen LogP contribution in [0.3, 0.4) is 0 Å². The number of carbonyl (C=O) groups is 1. The molecular weight excluding hydrogens is 307 g/mol. The largest absolute Gasteiger partial charge is 0.473 e. The van der Waals surface area contributed by atoms with E-state index in [4.69, 9.17) is 16.3 Å². The summed E-state index contributed by atoms with van der Waals surface area (Å²) in [6.45, 7) is 3.75. The second-order valence-electron chi connectivity index (χ2n) is 4.80. The number of halogens is 2. The Hall–Kier alpha value is -2.27. The van der Waals surface area contributed by atoms with Crippen molar-refractivity contribution in [3.8, 4) is 5.75 Å². The van der Waals surface area contributed by atoms with Gasteiger partial charge in [-0.3, -0.25) is 0 Å². The molecule has 0 aliphatic rings. The van der Waals surface area contributed by atoms with Crippen molar-refractivity contribution in [3.63, 3.8) is 0 Å². The predicted molar refractivity (Wildman–Crippen MR) is 85.0 cm³/mol. The SMILES string of the molecule is Cc1cc(OCNC(=O)Nc2cccc(F)c2)cc(C)c1Cl. The summed E-state index contributed by atoms with van der Waals surface area (Å²) >= 11 is 6.07. The number of aryl methyl sites for hydroxylation is 2. The molecule has 4 nitrogen and oxygen atoms in total. The zero-order valence-electron chi connectivity index (χ0n) is 12.2. The Morgan fingerprint density at radius 1 is 1.23 bits per heavy atom. The zero-order valence-corrected chi connectivity index (χ0v) is 13.0. The molecule has 0 aromatic heterocycles. The maximum atomic E-state index is 13.0. The second-order valence-corrected chi connectivity index (χ2v) is 5.18. The maximum absolute atomic E-state index is 13.0. The summed E-state index contributed by atoms with van der Waals surface area (Å²) in [5, 5.41) is 5.73. The first-order valence-corrected chi connectivity index (χ1v) is 7.03. The Bertz CT molecular complexity index is 669. The average molecular weight is 323 g/mol. The van der Waals surface area contributed by atoms with Gasteiger partial charge in [0.05, 0.1) is 0 Å². The van der Waals surface area contributed by atoms with Crippen molar-refractivity contribution < 1.29 is 13.9 Å². The van der Waals surface area contributed by atoms with Gasteiger partial charge in [0, 0.05) is 10.7 Å². The van der Waals surface area contributed by atoms with Gasteiger partial charge in [0.25, 0.3) is 0 Å². The van der Waals surface area contributed by atoms with Crippen LogP contribution in [0.25, 0.3) is 0 Å². The third-order valence-electron chi connectivity index (χ3n) is 2.96. The highest BCUT2D eigenvalue weighted by Crippen LogP contribution is 2.25. The van der Waals surface area contributed by atoms with Gasteiger partial charge in [-0.2, -0.15) is 0 Å². The monoisotopic (exact) mass is 322 g/mol. The van der Waals surface area contributed by atoms with E-state index in [9.17, 15) is 9.18 Å². The molecule has 0 unspecified atom stereocenters. The van der Waals surface area contributed by atoms with E-state index in [1.165, 1.54) is 18.2 Å². The third-order valence-corrected chi connectivity index (χ3v) is 3.56. The third kappa shape index (κ3) is 4.36. The highest BCUT2D eigenvalue weighted by Gasteiger charge is 2.05. The molecule has 0 saturated carbocycles. The fourth-order valence-corrected chi connectivity index (χ4v) is 2.03. The van der Waals surface area contributed by atoms with E-state index in [-0.39, 0.29) is 6.73 Å². The van der Waals surface area contributed by atoms with Crippen LogP contribution in [0.15, 0.2) is 36.4 Å². The molecule has 2 aromatic rings. The summed E-state index contributed by atoms with van der Waals surface area (Å²) in [6, 6.07) is 8.75. The van der Waals surface area contributed by atoms with Crippen LogP contribution in [-0.4, -0.2) is 12.8 Å². The standard InChI is InChI=1S/C16H16ClFN2O2/c1-10-6-14(7-11(2)15(10)17)22-9-19-16(21)20-13-5-3-4-12(18)8-13/h3-8H,9H2,1-2H3,(H2,19,20,21). The van der Waals surface area contributed by atoms with Gasteiger partial charge in [0.2, 0.25) is 0 Å². The number of benzene rings is 2. The molecule has 0 aliphatic carbocycles. The molecule has 6 heteroatoms. The van der Waals surface area contributed by atoms with Gasteiger partial charge in [-0.25, -0.2) is 9.18 Å². The first-order chi connectivity index (χ1) is 10.5. The van der Waals surface area contributed by atoms with Crippen molar-refractivity contribution in [3.05, 3.63) is 58.4 Å². The fourth-order valence-electron chi connectivity index (χ4n) is 1.92. The number of carbonyl (C=O) groups excluding carboxylic acids is 1. The Morgan fingerprint density at radius 3 is 2.55 bits per heavy atom. The van der Waals surface area contributed by atoms with Crippen LogP contribution in [0.2, 0.25) is 5.02 Å². The van der Waals surface area contributed by atoms with E-state index in [0.717, 1.165) is 11.1 Å². The lowest BCUT2D eigenvalue weighted by molar-refractivity contribution is 0.234. The van der Waals surface area contributed by atoms with Crippen molar-refractivity contribution >= 4 is 23.3 Å². The van der Waals surface area contributed by atoms with Crippen molar-refractivity contribution in [2.75, 3.05) is 12.0 Å². The van der Waals surface area contributed by atoms with E-state index in [1.54, 1.807) is 18.2 Å². The summed E-state index contributed by atoms with van der Waals surface area (Å²) in [4.78, 5) is 11.7. The average Bonchev–Trinajstić information content (AvgIpc) is 2.44. The van der Waals surface area contributed by atoms with E-state index < -0.39 is 11.8 Å². The maximum Gasteiger partial charge on any atom is 0.321 e. The van der Waals surface area contributed by atoms with E-state index in [0.29, 0.717) is 16.5 Å². The summed E-state index contributed by atoms with van der Waals surface area (Å²) in [5.41, 5.74) is 2.18. The fraction of sp³-hybridized carbons (Fsp3) is 0.188. The molecule has 22 heavy (non-hydrogen) atoms. The van der Waals surface area contributed by atoms with Crippen LogP contribution >= 0.6 is 11.6 Å². The van der Waals surface area contributed by atoms with Crippen LogP contribution in [0.5, 0.6) is 5.75 Å². The highest BCUT2D eigenvalue weighted by molar-refractivity contribution is 6.32.